The van der Waals surface area contributed by atoms with Crippen molar-refractivity contribution in [3.05, 3.63) is 29.8 Å². The Morgan fingerprint density at radius 2 is 2.14 bits per heavy atom. The van der Waals surface area contributed by atoms with Crippen LogP contribution in [0.5, 0.6) is 5.75 Å². The van der Waals surface area contributed by atoms with Crippen LogP contribution in [-0.2, 0) is 9.53 Å². The molecule has 1 aromatic rings. The highest BCUT2D eigenvalue weighted by Crippen LogP contribution is 2.12. The van der Waals surface area contributed by atoms with Gasteiger partial charge < -0.3 is 19.7 Å². The van der Waals surface area contributed by atoms with Gasteiger partial charge in [0.15, 0.2) is 6.61 Å². The minimum Gasteiger partial charge on any atom is -0.484 e. The summed E-state index contributed by atoms with van der Waals surface area (Å²) in [4.78, 5) is 24.3. The Morgan fingerprint density at radius 1 is 1.43 bits per heavy atom. The molecule has 1 N–H and O–H groups in total. The van der Waals surface area contributed by atoms with Crippen molar-refractivity contribution in [3.8, 4) is 5.75 Å². The van der Waals surface area contributed by atoms with Gasteiger partial charge in [0.2, 0.25) is 0 Å². The summed E-state index contributed by atoms with van der Waals surface area (Å²) in [7, 11) is 1.69. The van der Waals surface area contributed by atoms with E-state index in [1.54, 1.807) is 7.05 Å². The lowest BCUT2D eigenvalue weighted by Gasteiger charge is -2.10. The SMILES string of the molecule is Cc1ccc(OCC(=O)NCCC2CN(C)C(=O)O2)cc1. The molecular weight excluding hydrogens is 272 g/mol. The number of benzene rings is 1. The van der Waals surface area contributed by atoms with Crippen LogP contribution in [0.2, 0.25) is 0 Å². The molecule has 2 rings (SSSR count). The molecule has 1 aromatic carbocycles. The van der Waals surface area contributed by atoms with Gasteiger partial charge in [-0.25, -0.2) is 4.79 Å². The first-order valence-corrected chi connectivity index (χ1v) is 6.92. The summed E-state index contributed by atoms with van der Waals surface area (Å²) < 4.78 is 10.5. The average molecular weight is 292 g/mol. The summed E-state index contributed by atoms with van der Waals surface area (Å²) in [6.45, 7) is 2.99. The minimum atomic E-state index is -0.311. The molecule has 1 aliphatic rings. The summed E-state index contributed by atoms with van der Waals surface area (Å²) in [5.74, 6) is 0.482. The van der Waals surface area contributed by atoms with Crippen molar-refractivity contribution in [2.24, 2.45) is 0 Å². The molecule has 1 unspecified atom stereocenters. The number of hydrogen-bond acceptors (Lipinski definition) is 4. The monoisotopic (exact) mass is 292 g/mol. The van der Waals surface area contributed by atoms with Gasteiger partial charge in [-0.2, -0.15) is 0 Å². The van der Waals surface area contributed by atoms with Gasteiger partial charge in [0.1, 0.15) is 11.9 Å². The zero-order valence-electron chi connectivity index (χ0n) is 12.3. The summed E-state index contributed by atoms with van der Waals surface area (Å²) >= 11 is 0. The maximum absolute atomic E-state index is 11.6. The van der Waals surface area contributed by atoms with Crippen LogP contribution in [0.3, 0.4) is 0 Å². The van der Waals surface area contributed by atoms with Crippen molar-refractivity contribution >= 4 is 12.0 Å². The minimum absolute atomic E-state index is 0.0204. The molecule has 1 aliphatic heterocycles. The molecular formula is C15H20N2O4. The van der Waals surface area contributed by atoms with E-state index < -0.39 is 0 Å². The fourth-order valence-corrected chi connectivity index (χ4v) is 2.01. The second kappa shape index (κ2) is 6.97. The van der Waals surface area contributed by atoms with Gasteiger partial charge in [-0.15, -0.1) is 0 Å². The van der Waals surface area contributed by atoms with Crippen molar-refractivity contribution < 1.29 is 19.1 Å². The highest BCUT2D eigenvalue weighted by molar-refractivity contribution is 5.77. The maximum Gasteiger partial charge on any atom is 0.409 e. The molecule has 2 amide bonds. The van der Waals surface area contributed by atoms with Crippen LogP contribution in [0.1, 0.15) is 12.0 Å². The highest BCUT2D eigenvalue weighted by atomic mass is 16.6. The lowest BCUT2D eigenvalue weighted by molar-refractivity contribution is -0.123. The van der Waals surface area contributed by atoms with E-state index in [9.17, 15) is 9.59 Å². The van der Waals surface area contributed by atoms with Crippen molar-refractivity contribution in [2.45, 2.75) is 19.4 Å². The topological polar surface area (TPSA) is 67.9 Å². The molecule has 21 heavy (non-hydrogen) atoms. The zero-order chi connectivity index (χ0) is 15.2. The smallest absolute Gasteiger partial charge is 0.409 e. The van der Waals surface area contributed by atoms with Gasteiger partial charge in [0.05, 0.1) is 6.54 Å². The van der Waals surface area contributed by atoms with Crippen molar-refractivity contribution in [3.63, 3.8) is 0 Å². The number of nitrogens with zero attached hydrogens (tertiary/aromatic N) is 1. The van der Waals surface area contributed by atoms with Crippen LogP contribution in [0.4, 0.5) is 4.79 Å². The lowest BCUT2D eigenvalue weighted by atomic mass is 10.2. The number of rotatable bonds is 6. The molecule has 6 heteroatoms. The lowest BCUT2D eigenvalue weighted by Crippen LogP contribution is -2.32. The summed E-state index contributed by atoms with van der Waals surface area (Å²) in [6, 6.07) is 7.52. The van der Waals surface area contributed by atoms with Gasteiger partial charge in [-0.05, 0) is 19.1 Å². The number of ether oxygens (including phenoxy) is 2. The molecule has 1 saturated heterocycles. The molecule has 1 atom stereocenters. The zero-order valence-corrected chi connectivity index (χ0v) is 12.3. The first-order chi connectivity index (χ1) is 10.0. The van der Waals surface area contributed by atoms with Gasteiger partial charge in [-0.1, -0.05) is 17.7 Å². The average Bonchev–Trinajstić information content (AvgIpc) is 2.77. The second-order valence-corrected chi connectivity index (χ2v) is 5.13. The molecule has 0 radical (unpaired) electrons. The van der Waals surface area contributed by atoms with E-state index in [1.807, 2.05) is 31.2 Å². The Bertz CT molecular complexity index is 501. The van der Waals surface area contributed by atoms with Crippen LogP contribution in [-0.4, -0.2) is 49.7 Å². The highest BCUT2D eigenvalue weighted by Gasteiger charge is 2.27. The Labute approximate surface area is 124 Å². The Kier molecular flexibility index (Phi) is 5.03. The number of likely N-dealkylation sites (N-methyl/N-ethyl adjacent to an activating group) is 1. The fraction of sp³-hybridized carbons (Fsp3) is 0.467. The van der Waals surface area contributed by atoms with Crippen molar-refractivity contribution in [2.75, 3.05) is 26.7 Å². The third-order valence-electron chi connectivity index (χ3n) is 3.24. The van der Waals surface area contributed by atoms with Crippen molar-refractivity contribution in [1.29, 1.82) is 0 Å². The first-order valence-electron chi connectivity index (χ1n) is 6.92. The van der Waals surface area contributed by atoms with Gasteiger partial charge in [0, 0.05) is 20.0 Å². The molecule has 0 spiro atoms. The number of amides is 2. The number of carbonyl (C=O) groups is 2. The summed E-state index contributed by atoms with van der Waals surface area (Å²) in [6.07, 6.45) is 0.140. The standard InChI is InChI=1S/C15H20N2O4/c1-11-3-5-12(6-4-11)20-10-14(18)16-8-7-13-9-17(2)15(19)21-13/h3-6,13H,7-10H2,1-2H3,(H,16,18). The quantitative estimate of drug-likeness (QED) is 0.859. The van der Waals surface area contributed by atoms with E-state index >= 15 is 0 Å². The van der Waals surface area contributed by atoms with E-state index in [4.69, 9.17) is 9.47 Å². The molecule has 1 heterocycles. The van der Waals surface area contributed by atoms with Crippen LogP contribution < -0.4 is 10.1 Å². The Balaban J connectivity index is 1.62. The summed E-state index contributed by atoms with van der Waals surface area (Å²) in [5, 5.41) is 2.75. The normalized spacial score (nSPS) is 17.5. The predicted octanol–water partition coefficient (Wildman–Crippen LogP) is 1.33. The first kappa shape index (κ1) is 15.2. The number of nitrogens with one attached hydrogen (secondary N) is 1. The molecule has 6 nitrogen and oxygen atoms in total. The van der Waals surface area contributed by atoms with Crippen LogP contribution >= 0.6 is 0 Å². The molecule has 114 valence electrons. The molecule has 0 bridgehead atoms. The number of aryl methyl sites for hydroxylation is 1. The molecule has 0 aliphatic carbocycles. The Hall–Kier alpha value is -2.24. The van der Waals surface area contributed by atoms with E-state index in [0.717, 1.165) is 5.56 Å². The largest absolute Gasteiger partial charge is 0.484 e. The molecule has 0 saturated carbocycles. The molecule has 1 fully saturated rings. The van der Waals surface area contributed by atoms with E-state index in [2.05, 4.69) is 5.32 Å². The number of hydrogen-bond donors (Lipinski definition) is 1. The van der Waals surface area contributed by atoms with Crippen LogP contribution in [0, 0.1) is 6.92 Å². The van der Waals surface area contributed by atoms with Crippen molar-refractivity contribution in [1.82, 2.24) is 10.2 Å². The van der Waals surface area contributed by atoms with E-state index in [1.165, 1.54) is 4.90 Å². The van der Waals surface area contributed by atoms with Crippen LogP contribution in [0.15, 0.2) is 24.3 Å². The second-order valence-electron chi connectivity index (χ2n) is 5.13. The van der Waals surface area contributed by atoms with E-state index in [0.29, 0.717) is 25.3 Å². The third kappa shape index (κ3) is 4.66. The summed E-state index contributed by atoms with van der Waals surface area (Å²) in [5.41, 5.74) is 1.14. The van der Waals surface area contributed by atoms with Gasteiger partial charge >= 0.3 is 6.09 Å². The third-order valence-corrected chi connectivity index (χ3v) is 3.24. The van der Waals surface area contributed by atoms with E-state index in [-0.39, 0.29) is 24.7 Å². The number of cyclic esters (lactones) is 1. The number of carbonyl (C=O) groups excluding carboxylic acids is 2. The van der Waals surface area contributed by atoms with Gasteiger partial charge in [-0.3, -0.25) is 4.79 Å². The predicted molar refractivity (Wildman–Crippen MR) is 77.2 cm³/mol. The maximum atomic E-state index is 11.6. The fourth-order valence-electron chi connectivity index (χ4n) is 2.01. The van der Waals surface area contributed by atoms with Crippen LogP contribution in [0.25, 0.3) is 0 Å². The molecule has 0 aromatic heterocycles. The Morgan fingerprint density at radius 3 is 2.76 bits per heavy atom. The van der Waals surface area contributed by atoms with Gasteiger partial charge in [0.25, 0.3) is 5.91 Å².